The minimum Gasteiger partial charge on any atom is -0.398 e. The summed E-state index contributed by atoms with van der Waals surface area (Å²) >= 11 is 0. The molecule has 0 saturated carbocycles. The Bertz CT molecular complexity index is 768. The lowest BCUT2D eigenvalue weighted by atomic mass is 10.0. The topological polar surface area (TPSA) is 129 Å². The Hall–Kier alpha value is -2.38. The summed E-state index contributed by atoms with van der Waals surface area (Å²) in [6.07, 6.45) is 0. The lowest BCUT2D eigenvalue weighted by Crippen LogP contribution is -2.14. The van der Waals surface area contributed by atoms with Gasteiger partial charge in [-0.05, 0) is 23.8 Å². The second kappa shape index (κ2) is 4.95. The van der Waals surface area contributed by atoms with E-state index in [0.29, 0.717) is 11.1 Å². The van der Waals surface area contributed by atoms with E-state index >= 15 is 0 Å². The number of carbonyl (C=O) groups is 1. The number of carbonyl (C=O) groups excluding carboxylic acids is 1. The van der Waals surface area contributed by atoms with Gasteiger partial charge in [0.2, 0.25) is 10.0 Å². The third kappa shape index (κ3) is 2.63. The molecule has 0 spiro atoms. The third-order valence-electron chi connectivity index (χ3n) is 2.87. The Morgan fingerprint density at radius 1 is 1.00 bits per heavy atom. The van der Waals surface area contributed by atoms with Gasteiger partial charge in [-0.15, -0.1) is 0 Å². The first-order chi connectivity index (χ1) is 9.30. The van der Waals surface area contributed by atoms with Gasteiger partial charge in [-0.3, -0.25) is 4.79 Å². The van der Waals surface area contributed by atoms with Crippen molar-refractivity contribution < 1.29 is 13.2 Å². The molecule has 0 saturated heterocycles. The summed E-state index contributed by atoms with van der Waals surface area (Å²) in [7, 11) is -3.74. The van der Waals surface area contributed by atoms with Crippen molar-refractivity contribution in [3.63, 3.8) is 0 Å². The number of hydrogen-bond donors (Lipinski definition) is 3. The molecule has 0 aliphatic heterocycles. The first kappa shape index (κ1) is 14.0. The highest BCUT2D eigenvalue weighted by molar-refractivity contribution is 7.89. The van der Waals surface area contributed by atoms with Crippen molar-refractivity contribution in [3.05, 3.63) is 48.0 Å². The van der Waals surface area contributed by atoms with Crippen molar-refractivity contribution in [1.29, 1.82) is 0 Å². The van der Waals surface area contributed by atoms with Gasteiger partial charge in [0.25, 0.3) is 5.91 Å². The Labute approximate surface area is 116 Å². The van der Waals surface area contributed by atoms with E-state index in [1.165, 1.54) is 18.2 Å². The van der Waals surface area contributed by atoms with Crippen molar-refractivity contribution in [1.82, 2.24) is 0 Å². The molecule has 2 aromatic rings. The molecule has 0 heterocycles. The quantitative estimate of drug-likeness (QED) is 0.718. The highest BCUT2D eigenvalue weighted by Crippen LogP contribution is 2.29. The second-order valence-corrected chi connectivity index (χ2v) is 5.76. The van der Waals surface area contributed by atoms with E-state index in [4.69, 9.17) is 16.6 Å². The number of sulfonamides is 1. The van der Waals surface area contributed by atoms with Crippen LogP contribution < -0.4 is 16.6 Å². The van der Waals surface area contributed by atoms with Crippen LogP contribution in [0.1, 0.15) is 10.4 Å². The minimum atomic E-state index is -3.74. The zero-order valence-electron chi connectivity index (χ0n) is 10.4. The average Bonchev–Trinajstić information content (AvgIpc) is 2.38. The van der Waals surface area contributed by atoms with Crippen LogP contribution in [0.15, 0.2) is 47.4 Å². The van der Waals surface area contributed by atoms with E-state index in [0.717, 1.165) is 0 Å². The highest BCUT2D eigenvalue weighted by Gasteiger charge is 2.12. The largest absolute Gasteiger partial charge is 0.398 e. The number of para-hydroxylation sites is 1. The smallest absolute Gasteiger partial charge is 0.250 e. The fourth-order valence-electron chi connectivity index (χ4n) is 1.86. The van der Waals surface area contributed by atoms with Crippen molar-refractivity contribution in [2.45, 2.75) is 4.90 Å². The van der Waals surface area contributed by atoms with Gasteiger partial charge in [0.1, 0.15) is 0 Å². The number of anilines is 1. The molecule has 0 fully saturated rings. The maximum atomic E-state index is 11.2. The predicted molar refractivity (Wildman–Crippen MR) is 76.2 cm³/mol. The fraction of sp³-hybridized carbons (Fsp3) is 0. The van der Waals surface area contributed by atoms with Gasteiger partial charge in [-0.2, -0.15) is 0 Å². The Balaban J connectivity index is 2.53. The summed E-state index contributed by atoms with van der Waals surface area (Å²) in [6, 6.07) is 10.8. The summed E-state index contributed by atoms with van der Waals surface area (Å²) < 4.78 is 22.4. The number of rotatable bonds is 3. The van der Waals surface area contributed by atoms with Crippen molar-refractivity contribution in [2.75, 3.05) is 5.73 Å². The molecule has 104 valence electrons. The van der Waals surface area contributed by atoms with Crippen LogP contribution in [0.5, 0.6) is 0 Å². The maximum Gasteiger partial charge on any atom is 0.250 e. The Kier molecular flexibility index (Phi) is 3.47. The maximum absolute atomic E-state index is 11.2. The van der Waals surface area contributed by atoms with Crippen molar-refractivity contribution in [2.24, 2.45) is 10.9 Å². The van der Waals surface area contributed by atoms with Gasteiger partial charge in [0, 0.05) is 5.56 Å². The molecule has 0 radical (unpaired) electrons. The molecule has 6 N–H and O–H groups in total. The molecule has 0 bridgehead atoms. The lowest BCUT2D eigenvalue weighted by molar-refractivity contribution is 0.100. The summed E-state index contributed by atoms with van der Waals surface area (Å²) in [4.78, 5) is 11.2. The molecule has 20 heavy (non-hydrogen) atoms. The van der Waals surface area contributed by atoms with Crippen LogP contribution in [0.25, 0.3) is 11.1 Å². The number of hydrogen-bond acceptors (Lipinski definition) is 4. The van der Waals surface area contributed by atoms with Gasteiger partial charge in [-0.25, -0.2) is 13.6 Å². The molecule has 2 aromatic carbocycles. The Morgan fingerprint density at radius 3 is 2.10 bits per heavy atom. The lowest BCUT2D eigenvalue weighted by Gasteiger charge is -2.09. The van der Waals surface area contributed by atoms with Gasteiger partial charge in [0.05, 0.1) is 16.1 Å². The standard InChI is InChI=1S/C13H13N3O3S/c14-12-10(2-1-3-11(12)13(15)17)8-4-6-9(7-5-8)20(16,18)19/h1-7H,14H2,(H2,15,17)(H2,16,18,19). The molecular formula is C13H13N3O3S. The van der Waals surface area contributed by atoms with E-state index in [2.05, 4.69) is 0 Å². The number of nitrogen functional groups attached to an aromatic ring is 1. The molecule has 2 rings (SSSR count). The summed E-state index contributed by atoms with van der Waals surface area (Å²) in [6.45, 7) is 0. The van der Waals surface area contributed by atoms with E-state index in [1.54, 1.807) is 24.3 Å². The van der Waals surface area contributed by atoms with Crippen LogP contribution in [0.4, 0.5) is 5.69 Å². The summed E-state index contributed by atoms with van der Waals surface area (Å²) in [5, 5.41) is 5.03. The van der Waals surface area contributed by atoms with Crippen LogP contribution in [-0.4, -0.2) is 14.3 Å². The number of nitrogens with two attached hydrogens (primary N) is 3. The first-order valence-electron chi connectivity index (χ1n) is 5.62. The van der Waals surface area contributed by atoms with E-state index in [-0.39, 0.29) is 16.1 Å². The van der Waals surface area contributed by atoms with E-state index in [9.17, 15) is 13.2 Å². The minimum absolute atomic E-state index is 0.00544. The van der Waals surface area contributed by atoms with Gasteiger partial charge >= 0.3 is 0 Å². The first-order valence-corrected chi connectivity index (χ1v) is 7.17. The zero-order valence-corrected chi connectivity index (χ0v) is 11.2. The van der Waals surface area contributed by atoms with Crippen LogP contribution in [0.2, 0.25) is 0 Å². The van der Waals surface area contributed by atoms with Crippen molar-refractivity contribution >= 4 is 21.6 Å². The number of primary sulfonamides is 1. The molecule has 1 amide bonds. The molecule has 0 unspecified atom stereocenters. The molecule has 0 atom stereocenters. The summed E-state index contributed by atoms with van der Waals surface area (Å²) in [5.74, 6) is -0.620. The molecule has 0 aliphatic carbocycles. The normalized spacial score (nSPS) is 11.2. The van der Waals surface area contributed by atoms with Gasteiger partial charge in [0.15, 0.2) is 0 Å². The van der Waals surface area contributed by atoms with Crippen LogP contribution >= 0.6 is 0 Å². The molecule has 0 aromatic heterocycles. The van der Waals surface area contributed by atoms with Gasteiger partial charge < -0.3 is 11.5 Å². The molecular weight excluding hydrogens is 278 g/mol. The Morgan fingerprint density at radius 2 is 1.60 bits per heavy atom. The van der Waals surface area contributed by atoms with Crippen LogP contribution in [-0.2, 0) is 10.0 Å². The SMILES string of the molecule is NC(=O)c1cccc(-c2ccc(S(N)(=O)=O)cc2)c1N. The zero-order chi connectivity index (χ0) is 14.9. The van der Waals surface area contributed by atoms with Crippen molar-refractivity contribution in [3.8, 4) is 11.1 Å². The molecule has 6 nitrogen and oxygen atoms in total. The number of benzene rings is 2. The van der Waals surface area contributed by atoms with E-state index < -0.39 is 15.9 Å². The third-order valence-corrected chi connectivity index (χ3v) is 3.79. The molecule has 7 heteroatoms. The molecule has 0 aliphatic rings. The fourth-order valence-corrected chi connectivity index (χ4v) is 2.37. The summed E-state index contributed by atoms with van der Waals surface area (Å²) in [5.41, 5.74) is 12.9. The average molecular weight is 291 g/mol. The predicted octanol–water partition coefficient (Wildman–Crippen LogP) is 0.682. The number of primary amides is 1. The van der Waals surface area contributed by atoms with Gasteiger partial charge in [-0.1, -0.05) is 24.3 Å². The number of amides is 1. The van der Waals surface area contributed by atoms with E-state index in [1.807, 2.05) is 0 Å². The van der Waals surface area contributed by atoms with Crippen LogP contribution in [0, 0.1) is 0 Å². The monoisotopic (exact) mass is 291 g/mol. The highest BCUT2D eigenvalue weighted by atomic mass is 32.2. The second-order valence-electron chi connectivity index (χ2n) is 4.20. The van der Waals surface area contributed by atoms with Crippen LogP contribution in [0.3, 0.4) is 0 Å².